The van der Waals surface area contributed by atoms with Crippen molar-refractivity contribution in [3.05, 3.63) is 35.7 Å². The van der Waals surface area contributed by atoms with E-state index in [2.05, 4.69) is 14.5 Å². The monoisotopic (exact) mass is 235 g/mol. The topological polar surface area (TPSA) is 65.5 Å². The summed E-state index contributed by atoms with van der Waals surface area (Å²) in [6.07, 6.45) is 4.65. The van der Waals surface area contributed by atoms with Crippen LogP contribution in [-0.2, 0) is 19.1 Å². The molecule has 0 amide bonds. The van der Waals surface area contributed by atoms with E-state index in [1.807, 2.05) is 0 Å². The van der Waals surface area contributed by atoms with Crippen molar-refractivity contribution in [2.24, 2.45) is 0 Å². The molecule has 0 saturated heterocycles. The maximum Gasteiger partial charge on any atom is 0.334 e. The number of methoxy groups -OCH3 is 2. The fourth-order valence-electron chi connectivity index (χ4n) is 1.20. The predicted octanol–water partition coefficient (Wildman–Crippen LogP) is 1.20. The Morgan fingerprint density at radius 2 is 1.88 bits per heavy atom. The maximum atomic E-state index is 11.5. The Hall–Kier alpha value is -2.17. The third-order valence-electron chi connectivity index (χ3n) is 2.06. The second-order valence-corrected chi connectivity index (χ2v) is 3.19. The first-order chi connectivity index (χ1) is 8.17. The minimum Gasteiger partial charge on any atom is -0.469 e. The predicted molar refractivity (Wildman–Crippen MR) is 60.9 cm³/mol. The Balaban J connectivity index is 2.94. The highest BCUT2D eigenvalue weighted by Gasteiger charge is 2.14. The molecule has 5 heteroatoms. The van der Waals surface area contributed by atoms with Gasteiger partial charge < -0.3 is 9.47 Å². The highest BCUT2D eigenvalue weighted by Crippen LogP contribution is 2.11. The van der Waals surface area contributed by atoms with Gasteiger partial charge in [-0.2, -0.15) is 0 Å². The molecule has 0 N–H and O–H groups in total. The standard InChI is InChI=1S/C12H13NO4/c1-16-11(14)8-10(12(15)17-2)7-9-3-5-13-6-4-9/h3-7H,8H2,1-2H3/b10-7+. The van der Waals surface area contributed by atoms with Crippen molar-refractivity contribution in [3.63, 3.8) is 0 Å². The summed E-state index contributed by atoms with van der Waals surface area (Å²) in [6.45, 7) is 0. The molecule has 0 aliphatic carbocycles. The van der Waals surface area contributed by atoms with Gasteiger partial charge in [-0.3, -0.25) is 9.78 Å². The van der Waals surface area contributed by atoms with Crippen molar-refractivity contribution >= 4 is 18.0 Å². The Morgan fingerprint density at radius 1 is 1.24 bits per heavy atom. The van der Waals surface area contributed by atoms with Gasteiger partial charge in [-0.05, 0) is 23.8 Å². The minimum absolute atomic E-state index is 0.120. The van der Waals surface area contributed by atoms with Gasteiger partial charge in [-0.25, -0.2) is 4.79 Å². The lowest BCUT2D eigenvalue weighted by atomic mass is 10.1. The van der Waals surface area contributed by atoms with E-state index in [1.165, 1.54) is 14.2 Å². The van der Waals surface area contributed by atoms with E-state index >= 15 is 0 Å². The van der Waals surface area contributed by atoms with E-state index in [9.17, 15) is 9.59 Å². The first-order valence-electron chi connectivity index (χ1n) is 4.93. The smallest absolute Gasteiger partial charge is 0.334 e. The van der Waals surface area contributed by atoms with Gasteiger partial charge in [-0.1, -0.05) is 0 Å². The van der Waals surface area contributed by atoms with Crippen LogP contribution in [0.1, 0.15) is 12.0 Å². The SMILES string of the molecule is COC(=O)C/C(=C\c1ccncc1)C(=O)OC. The van der Waals surface area contributed by atoms with Crippen molar-refractivity contribution in [1.82, 2.24) is 4.98 Å². The molecule has 90 valence electrons. The minimum atomic E-state index is -0.549. The van der Waals surface area contributed by atoms with Gasteiger partial charge in [0, 0.05) is 18.0 Å². The van der Waals surface area contributed by atoms with Crippen LogP contribution in [0.3, 0.4) is 0 Å². The third-order valence-corrected chi connectivity index (χ3v) is 2.06. The van der Waals surface area contributed by atoms with Crippen LogP contribution in [-0.4, -0.2) is 31.1 Å². The molecule has 1 aromatic heterocycles. The van der Waals surface area contributed by atoms with E-state index < -0.39 is 11.9 Å². The van der Waals surface area contributed by atoms with Gasteiger partial charge in [0.2, 0.25) is 0 Å². The molecule has 0 atom stereocenters. The summed E-state index contributed by atoms with van der Waals surface area (Å²) >= 11 is 0. The molecule has 0 unspecified atom stereocenters. The lowest BCUT2D eigenvalue weighted by Gasteiger charge is -2.04. The first kappa shape index (κ1) is 12.9. The normalized spacial score (nSPS) is 10.8. The molecule has 0 saturated carbocycles. The van der Waals surface area contributed by atoms with Crippen LogP contribution in [0, 0.1) is 0 Å². The number of esters is 2. The van der Waals surface area contributed by atoms with E-state index in [-0.39, 0.29) is 12.0 Å². The number of carbonyl (C=O) groups excluding carboxylic acids is 2. The van der Waals surface area contributed by atoms with Crippen LogP contribution >= 0.6 is 0 Å². The van der Waals surface area contributed by atoms with Crippen LogP contribution < -0.4 is 0 Å². The van der Waals surface area contributed by atoms with Crippen molar-refractivity contribution in [2.45, 2.75) is 6.42 Å². The highest BCUT2D eigenvalue weighted by molar-refractivity contribution is 5.98. The first-order valence-corrected chi connectivity index (χ1v) is 4.93. The summed E-state index contributed by atoms with van der Waals surface area (Å²) in [4.78, 5) is 26.5. The van der Waals surface area contributed by atoms with E-state index in [0.29, 0.717) is 0 Å². The number of carbonyl (C=O) groups is 2. The highest BCUT2D eigenvalue weighted by atomic mass is 16.5. The second kappa shape index (κ2) is 6.42. The van der Waals surface area contributed by atoms with E-state index in [4.69, 9.17) is 0 Å². The van der Waals surface area contributed by atoms with Gasteiger partial charge in [0.25, 0.3) is 0 Å². The number of pyridine rings is 1. The zero-order valence-corrected chi connectivity index (χ0v) is 9.67. The number of hydrogen-bond donors (Lipinski definition) is 0. The van der Waals surface area contributed by atoms with Crippen molar-refractivity contribution in [3.8, 4) is 0 Å². The fourth-order valence-corrected chi connectivity index (χ4v) is 1.20. The Labute approximate surface area is 99.1 Å². The van der Waals surface area contributed by atoms with Gasteiger partial charge in [0.05, 0.1) is 20.6 Å². The molecule has 1 rings (SSSR count). The molecule has 0 aliphatic heterocycles. The summed E-state index contributed by atoms with van der Waals surface area (Å²) in [5.74, 6) is -1.04. The summed E-state index contributed by atoms with van der Waals surface area (Å²) in [5.41, 5.74) is 1.01. The number of ether oxygens (including phenoxy) is 2. The van der Waals surface area contributed by atoms with Crippen LogP contribution in [0.4, 0.5) is 0 Å². The summed E-state index contributed by atoms with van der Waals surface area (Å²) in [6, 6.07) is 3.44. The molecule has 17 heavy (non-hydrogen) atoms. The number of rotatable bonds is 4. The molecule has 0 aliphatic rings. The Kier molecular flexibility index (Phi) is 4.87. The van der Waals surface area contributed by atoms with Crippen LogP contribution in [0.25, 0.3) is 6.08 Å². The number of nitrogens with zero attached hydrogens (tertiary/aromatic N) is 1. The molecule has 0 fully saturated rings. The molecule has 1 heterocycles. The maximum absolute atomic E-state index is 11.5. The molecule has 1 aromatic rings. The summed E-state index contributed by atoms with van der Waals surface area (Å²) < 4.78 is 9.11. The fraction of sp³-hybridized carbons (Fsp3) is 0.250. The average Bonchev–Trinajstić information content (AvgIpc) is 2.38. The summed E-state index contributed by atoms with van der Waals surface area (Å²) in [7, 11) is 2.53. The number of aromatic nitrogens is 1. The zero-order chi connectivity index (χ0) is 12.7. The van der Waals surface area contributed by atoms with Crippen LogP contribution in [0.5, 0.6) is 0 Å². The molecule has 0 aromatic carbocycles. The Morgan fingerprint density at radius 3 is 2.41 bits per heavy atom. The summed E-state index contributed by atoms with van der Waals surface area (Å²) in [5, 5.41) is 0. The second-order valence-electron chi connectivity index (χ2n) is 3.19. The molecular formula is C12H13NO4. The quantitative estimate of drug-likeness (QED) is 0.579. The zero-order valence-electron chi connectivity index (χ0n) is 9.67. The number of hydrogen-bond acceptors (Lipinski definition) is 5. The van der Waals surface area contributed by atoms with Gasteiger partial charge in [-0.15, -0.1) is 0 Å². The van der Waals surface area contributed by atoms with Crippen molar-refractivity contribution in [1.29, 1.82) is 0 Å². The lowest BCUT2D eigenvalue weighted by molar-refractivity contribution is -0.143. The van der Waals surface area contributed by atoms with Gasteiger partial charge in [0.15, 0.2) is 0 Å². The van der Waals surface area contributed by atoms with Crippen LogP contribution in [0.15, 0.2) is 30.1 Å². The molecule has 0 spiro atoms. The van der Waals surface area contributed by atoms with Crippen molar-refractivity contribution in [2.75, 3.05) is 14.2 Å². The van der Waals surface area contributed by atoms with Gasteiger partial charge in [0.1, 0.15) is 0 Å². The molecule has 0 bridgehead atoms. The molecular weight excluding hydrogens is 222 g/mol. The third kappa shape index (κ3) is 4.06. The van der Waals surface area contributed by atoms with E-state index in [0.717, 1.165) is 5.56 Å². The molecule has 0 radical (unpaired) electrons. The lowest BCUT2D eigenvalue weighted by Crippen LogP contribution is -2.10. The molecule has 5 nitrogen and oxygen atoms in total. The Bertz CT molecular complexity index is 425. The largest absolute Gasteiger partial charge is 0.469 e. The van der Waals surface area contributed by atoms with Crippen molar-refractivity contribution < 1.29 is 19.1 Å². The van der Waals surface area contributed by atoms with Gasteiger partial charge >= 0.3 is 11.9 Å². The van der Waals surface area contributed by atoms with Crippen LogP contribution in [0.2, 0.25) is 0 Å². The van der Waals surface area contributed by atoms with E-state index in [1.54, 1.807) is 30.6 Å². The average molecular weight is 235 g/mol.